The minimum atomic E-state index is -0.362. The summed E-state index contributed by atoms with van der Waals surface area (Å²) in [6.45, 7) is 2.11. The molecule has 6 nitrogen and oxygen atoms in total. The summed E-state index contributed by atoms with van der Waals surface area (Å²) in [5.74, 6) is -0.362. The highest BCUT2D eigenvalue weighted by Gasteiger charge is 2.21. The number of H-pyrrole nitrogens is 2. The van der Waals surface area contributed by atoms with E-state index in [1.165, 1.54) is 0 Å². The van der Waals surface area contributed by atoms with Crippen molar-refractivity contribution in [2.75, 3.05) is 6.61 Å². The average Bonchev–Trinajstić information content (AvgIpc) is 4.10. The Hall–Kier alpha value is -7.57. The van der Waals surface area contributed by atoms with Crippen LogP contribution in [-0.2, 0) is 4.74 Å². The second-order valence-electron chi connectivity index (χ2n) is 14.0. The second kappa shape index (κ2) is 14.3. The fourth-order valence-corrected chi connectivity index (χ4v) is 8.14. The molecular formula is C51H36N4O2. The van der Waals surface area contributed by atoms with Gasteiger partial charge >= 0.3 is 5.97 Å². The molecule has 57 heavy (non-hydrogen) atoms. The zero-order valence-corrected chi connectivity index (χ0v) is 31.2. The Bertz CT molecular complexity index is 3040. The summed E-state index contributed by atoms with van der Waals surface area (Å²) < 4.78 is 5.59. The molecule has 0 amide bonds. The van der Waals surface area contributed by atoms with E-state index >= 15 is 0 Å². The normalized spacial score (nSPS) is 11.9. The summed E-state index contributed by atoms with van der Waals surface area (Å²) in [6.07, 6.45) is 8.39. The first-order valence-corrected chi connectivity index (χ1v) is 19.2. The molecule has 5 heterocycles. The third-order valence-corrected chi connectivity index (χ3v) is 10.6. The average molecular weight is 737 g/mol. The lowest BCUT2D eigenvalue weighted by molar-refractivity contribution is 0.0528. The van der Waals surface area contributed by atoms with Gasteiger partial charge in [0.1, 0.15) is 0 Å². The first-order chi connectivity index (χ1) is 28.1. The number of rotatable bonds is 6. The van der Waals surface area contributed by atoms with E-state index < -0.39 is 0 Å². The number of carbonyl (C=O) groups excluding carboxylic acids is 1. The van der Waals surface area contributed by atoms with Crippen LogP contribution in [0.2, 0.25) is 0 Å². The molecule has 2 aliphatic heterocycles. The highest BCUT2D eigenvalue weighted by Crippen LogP contribution is 2.40. The summed E-state index contributed by atoms with van der Waals surface area (Å²) >= 11 is 0. The highest BCUT2D eigenvalue weighted by atomic mass is 16.5. The van der Waals surface area contributed by atoms with E-state index in [2.05, 4.69) is 137 Å². The van der Waals surface area contributed by atoms with Crippen LogP contribution in [-0.4, -0.2) is 32.5 Å². The van der Waals surface area contributed by atoms with Gasteiger partial charge in [0.2, 0.25) is 0 Å². The molecule has 272 valence electrons. The number of hydrogen-bond donors (Lipinski definition) is 2. The maximum Gasteiger partial charge on any atom is 0.338 e. The molecule has 0 saturated heterocycles. The number of carbonyl (C=O) groups is 1. The number of ether oxygens (including phenoxy) is 1. The number of aromatic nitrogens is 4. The van der Waals surface area contributed by atoms with Gasteiger partial charge in [0.25, 0.3) is 0 Å². The van der Waals surface area contributed by atoms with Crippen LogP contribution in [0.5, 0.6) is 0 Å². The molecule has 6 heteroatoms. The Morgan fingerprint density at radius 2 is 0.877 bits per heavy atom. The highest BCUT2D eigenvalue weighted by molar-refractivity contribution is 6.13. The number of fused-ring (bicyclic) bond motifs is 9. The van der Waals surface area contributed by atoms with Crippen LogP contribution in [0.4, 0.5) is 0 Å². The quantitative estimate of drug-likeness (QED) is 0.167. The molecule has 5 aromatic carbocycles. The lowest BCUT2D eigenvalue weighted by Crippen LogP contribution is -2.06. The van der Waals surface area contributed by atoms with Gasteiger partial charge in [-0.15, -0.1) is 0 Å². The number of esters is 1. The summed E-state index contributed by atoms with van der Waals surface area (Å²) in [4.78, 5) is 32.0. The van der Waals surface area contributed by atoms with E-state index in [4.69, 9.17) is 14.7 Å². The fraction of sp³-hybridized carbons (Fsp3) is 0.0392. The van der Waals surface area contributed by atoms with Crippen LogP contribution in [0.15, 0.2) is 152 Å². The smallest absolute Gasteiger partial charge is 0.338 e. The summed E-state index contributed by atoms with van der Waals surface area (Å²) in [5, 5.41) is 1.74. The predicted octanol–water partition coefficient (Wildman–Crippen LogP) is 12.7. The molecular weight excluding hydrogens is 701 g/mol. The minimum absolute atomic E-state index is 0.278. The number of nitrogens with one attached hydrogen (secondary N) is 2. The van der Waals surface area contributed by atoms with Crippen molar-refractivity contribution in [1.82, 2.24) is 19.9 Å². The molecule has 8 aromatic rings. The van der Waals surface area contributed by atoms with Crippen LogP contribution < -0.4 is 0 Å². The van der Waals surface area contributed by atoms with Crippen LogP contribution >= 0.6 is 0 Å². The summed E-state index contributed by atoms with van der Waals surface area (Å²) in [6, 6.07) is 51.6. The molecule has 0 radical (unpaired) electrons. The lowest BCUT2D eigenvalue weighted by Gasteiger charge is -2.12. The van der Waals surface area contributed by atoms with Gasteiger partial charge in [-0.2, -0.15) is 0 Å². The second-order valence-corrected chi connectivity index (χ2v) is 14.0. The molecule has 0 saturated carbocycles. The molecule has 2 N–H and O–H groups in total. The van der Waals surface area contributed by atoms with Gasteiger partial charge in [0, 0.05) is 49.7 Å². The summed E-state index contributed by atoms with van der Waals surface area (Å²) in [7, 11) is 0. The molecule has 3 aromatic heterocycles. The maximum absolute atomic E-state index is 13.5. The summed E-state index contributed by atoms with van der Waals surface area (Å²) in [5.41, 5.74) is 15.3. The number of nitrogens with zero attached hydrogens (tertiary/aromatic N) is 2. The standard InChI is InChI=1S/C51H36N4O2/c1-2-57-51(56)37-23-13-21-32-20-12-22-36(46(32)37)50-44-30-28-42(54-44)48(34-16-8-4-9-17-34)40-26-24-38(52-40)47(33-14-6-3-7-15-33)39-25-27-41(53-39)49(35-18-10-5-11-19-35)43-29-31-45(50)55-43/h3-31,52,55H,2H2,1H3. The van der Waals surface area contributed by atoms with E-state index in [-0.39, 0.29) is 12.6 Å². The van der Waals surface area contributed by atoms with E-state index in [1.54, 1.807) is 0 Å². The van der Waals surface area contributed by atoms with E-state index in [0.717, 1.165) is 100 Å². The van der Waals surface area contributed by atoms with Crippen molar-refractivity contribution in [3.63, 3.8) is 0 Å². The first kappa shape index (κ1) is 34.0. The Balaban J connectivity index is 1.40. The van der Waals surface area contributed by atoms with E-state index in [0.29, 0.717) is 5.56 Å². The lowest BCUT2D eigenvalue weighted by atomic mass is 9.93. The van der Waals surface area contributed by atoms with Gasteiger partial charge in [-0.1, -0.05) is 121 Å². The van der Waals surface area contributed by atoms with Crippen molar-refractivity contribution < 1.29 is 9.53 Å². The number of aromatic amines is 2. The molecule has 0 unspecified atom stereocenters. The molecule has 0 fully saturated rings. The Kier molecular flexibility index (Phi) is 8.49. The zero-order valence-electron chi connectivity index (χ0n) is 31.2. The third kappa shape index (κ3) is 6.04. The van der Waals surface area contributed by atoms with Crippen LogP contribution in [0, 0.1) is 0 Å². The SMILES string of the molecule is CCOC(=O)c1cccc2cccc(-c3c4nc(c(-c5ccccc5)c5ccc([nH]5)c(-c5ccccc5)c5nc(c(-c6ccccc6)c6ccc3[nH]6)C=C5)C=C4)c12. The van der Waals surface area contributed by atoms with Gasteiger partial charge in [-0.3, -0.25) is 0 Å². The molecule has 0 atom stereocenters. The first-order valence-electron chi connectivity index (χ1n) is 19.2. The minimum Gasteiger partial charge on any atom is -0.462 e. The van der Waals surface area contributed by atoms with Gasteiger partial charge in [-0.05, 0) is 89.2 Å². The topological polar surface area (TPSA) is 83.7 Å². The Labute approximate surface area is 329 Å². The fourth-order valence-electron chi connectivity index (χ4n) is 8.14. The molecule has 10 rings (SSSR count). The van der Waals surface area contributed by atoms with Crippen molar-refractivity contribution in [3.8, 4) is 44.5 Å². The Morgan fingerprint density at radius 3 is 1.32 bits per heavy atom. The monoisotopic (exact) mass is 736 g/mol. The number of hydrogen-bond acceptors (Lipinski definition) is 4. The van der Waals surface area contributed by atoms with E-state index in [1.807, 2.05) is 55.5 Å². The third-order valence-electron chi connectivity index (χ3n) is 10.6. The van der Waals surface area contributed by atoms with Crippen LogP contribution in [0.1, 0.15) is 40.1 Å². The van der Waals surface area contributed by atoms with Crippen LogP contribution in [0.25, 0.3) is 102 Å². The van der Waals surface area contributed by atoms with Crippen molar-refractivity contribution >= 4 is 63.1 Å². The molecule has 8 bridgehead atoms. The van der Waals surface area contributed by atoms with Crippen LogP contribution in [0.3, 0.4) is 0 Å². The molecule has 0 spiro atoms. The zero-order chi connectivity index (χ0) is 38.3. The maximum atomic E-state index is 13.5. The van der Waals surface area contributed by atoms with Gasteiger partial charge in [0.15, 0.2) is 0 Å². The van der Waals surface area contributed by atoms with Crippen molar-refractivity contribution in [2.45, 2.75) is 6.92 Å². The molecule has 0 aliphatic carbocycles. The van der Waals surface area contributed by atoms with Gasteiger partial charge < -0.3 is 14.7 Å². The largest absolute Gasteiger partial charge is 0.462 e. The van der Waals surface area contributed by atoms with Crippen molar-refractivity contribution in [2.24, 2.45) is 0 Å². The van der Waals surface area contributed by atoms with E-state index in [9.17, 15) is 4.79 Å². The van der Waals surface area contributed by atoms with Crippen molar-refractivity contribution in [1.29, 1.82) is 0 Å². The van der Waals surface area contributed by atoms with Gasteiger partial charge in [0.05, 0.1) is 34.9 Å². The Morgan fingerprint density at radius 1 is 0.474 bits per heavy atom. The number of benzene rings is 5. The molecule has 2 aliphatic rings. The van der Waals surface area contributed by atoms with Crippen molar-refractivity contribution in [3.05, 3.63) is 180 Å². The van der Waals surface area contributed by atoms with Gasteiger partial charge in [-0.25, -0.2) is 14.8 Å². The predicted molar refractivity (Wildman–Crippen MR) is 234 cm³/mol.